The molecule has 1 nitrogen and oxygen atoms in total. The van der Waals surface area contributed by atoms with Crippen molar-refractivity contribution in [3.8, 4) is 0 Å². The van der Waals surface area contributed by atoms with Crippen molar-refractivity contribution in [1.82, 2.24) is 5.32 Å². The van der Waals surface area contributed by atoms with E-state index >= 15 is 0 Å². The van der Waals surface area contributed by atoms with Crippen LogP contribution < -0.4 is 5.32 Å². The van der Waals surface area contributed by atoms with Gasteiger partial charge in [0.15, 0.2) is 0 Å². The maximum atomic E-state index is 3.69. The number of hydrogen-bond donors (Lipinski definition) is 1. The highest BCUT2D eigenvalue weighted by atomic mass is 127. The molecule has 0 heterocycles. The largest absolute Gasteiger partial charge is 0.310 e. The maximum absolute atomic E-state index is 3.69. The van der Waals surface area contributed by atoms with Crippen LogP contribution in [0.1, 0.15) is 45.1 Å². The monoisotopic (exact) mass is 343 g/mol. The molecule has 0 aromatic heterocycles. The van der Waals surface area contributed by atoms with Crippen molar-refractivity contribution in [1.29, 1.82) is 0 Å². The van der Waals surface area contributed by atoms with E-state index in [2.05, 4.69) is 66.0 Å². The van der Waals surface area contributed by atoms with Gasteiger partial charge in [0.2, 0.25) is 0 Å². The van der Waals surface area contributed by atoms with E-state index in [4.69, 9.17) is 0 Å². The van der Waals surface area contributed by atoms with Crippen molar-refractivity contribution in [3.63, 3.8) is 0 Å². The summed E-state index contributed by atoms with van der Waals surface area (Å²) >= 11 is 2.35. The van der Waals surface area contributed by atoms with Gasteiger partial charge < -0.3 is 5.32 Å². The molecule has 0 aliphatic heterocycles. The van der Waals surface area contributed by atoms with Crippen LogP contribution in [0.2, 0.25) is 0 Å². The minimum atomic E-state index is 0.570. The third-order valence-corrected chi connectivity index (χ3v) is 4.57. The van der Waals surface area contributed by atoms with Gasteiger partial charge in [0, 0.05) is 16.2 Å². The molecule has 0 bridgehead atoms. The van der Waals surface area contributed by atoms with Crippen LogP contribution in [0, 0.1) is 8.99 Å². The standard InChI is InChI=1S/C15H22IN/c1-15(2)9-7-14(8-10-15)17-11-12-3-5-13(16)6-4-12/h3-6,14,17H,7-11H2,1-2H3. The summed E-state index contributed by atoms with van der Waals surface area (Å²) in [7, 11) is 0. The smallest absolute Gasteiger partial charge is 0.0208 e. The fraction of sp³-hybridized carbons (Fsp3) is 0.600. The summed E-state index contributed by atoms with van der Waals surface area (Å²) in [5.74, 6) is 0. The molecule has 0 unspecified atom stereocenters. The molecule has 1 saturated carbocycles. The lowest BCUT2D eigenvalue weighted by molar-refractivity contribution is 0.206. The van der Waals surface area contributed by atoms with Crippen molar-refractivity contribution in [2.24, 2.45) is 5.41 Å². The van der Waals surface area contributed by atoms with Gasteiger partial charge in [-0.3, -0.25) is 0 Å². The first-order chi connectivity index (χ1) is 8.05. The molecule has 0 amide bonds. The van der Waals surface area contributed by atoms with E-state index in [0.29, 0.717) is 5.41 Å². The van der Waals surface area contributed by atoms with Crippen molar-refractivity contribution < 1.29 is 0 Å². The molecule has 1 aromatic carbocycles. The molecular weight excluding hydrogens is 321 g/mol. The number of rotatable bonds is 3. The van der Waals surface area contributed by atoms with Crippen LogP contribution in [-0.2, 0) is 6.54 Å². The highest BCUT2D eigenvalue weighted by Crippen LogP contribution is 2.35. The summed E-state index contributed by atoms with van der Waals surface area (Å²) in [5.41, 5.74) is 1.97. The van der Waals surface area contributed by atoms with Crippen LogP contribution in [-0.4, -0.2) is 6.04 Å². The SMILES string of the molecule is CC1(C)CCC(NCc2ccc(I)cc2)CC1. The number of halogens is 1. The normalized spacial score (nSPS) is 20.4. The van der Waals surface area contributed by atoms with Crippen molar-refractivity contribution in [3.05, 3.63) is 33.4 Å². The Hall–Kier alpha value is -0.0900. The van der Waals surface area contributed by atoms with E-state index in [1.54, 1.807) is 0 Å². The van der Waals surface area contributed by atoms with Crippen LogP contribution >= 0.6 is 22.6 Å². The van der Waals surface area contributed by atoms with E-state index < -0.39 is 0 Å². The molecule has 0 spiro atoms. The van der Waals surface area contributed by atoms with Crippen LogP contribution in [0.15, 0.2) is 24.3 Å². The topological polar surface area (TPSA) is 12.0 Å². The number of nitrogens with one attached hydrogen (secondary N) is 1. The zero-order valence-electron chi connectivity index (χ0n) is 10.8. The average Bonchev–Trinajstić information content (AvgIpc) is 2.30. The molecule has 1 N–H and O–H groups in total. The Morgan fingerprint density at radius 1 is 1.18 bits per heavy atom. The van der Waals surface area contributed by atoms with Crippen molar-refractivity contribution >= 4 is 22.6 Å². The van der Waals surface area contributed by atoms with E-state index in [9.17, 15) is 0 Å². The molecule has 1 aliphatic carbocycles. The zero-order valence-corrected chi connectivity index (χ0v) is 13.0. The molecule has 0 radical (unpaired) electrons. The molecule has 2 heteroatoms. The molecule has 1 fully saturated rings. The van der Waals surface area contributed by atoms with Crippen LogP contribution in [0.4, 0.5) is 0 Å². The summed E-state index contributed by atoms with van der Waals surface area (Å²) in [6, 6.07) is 9.54. The third kappa shape index (κ3) is 4.25. The van der Waals surface area contributed by atoms with Gasteiger partial charge in [-0.15, -0.1) is 0 Å². The van der Waals surface area contributed by atoms with E-state index in [1.165, 1.54) is 34.8 Å². The lowest BCUT2D eigenvalue weighted by Gasteiger charge is -2.34. The van der Waals surface area contributed by atoms with Gasteiger partial charge in [0.1, 0.15) is 0 Å². The predicted molar refractivity (Wildman–Crippen MR) is 82.0 cm³/mol. The van der Waals surface area contributed by atoms with Gasteiger partial charge in [-0.2, -0.15) is 0 Å². The van der Waals surface area contributed by atoms with Gasteiger partial charge in [-0.05, 0) is 71.4 Å². The Balaban J connectivity index is 1.78. The second kappa shape index (κ2) is 5.70. The highest BCUT2D eigenvalue weighted by molar-refractivity contribution is 14.1. The highest BCUT2D eigenvalue weighted by Gasteiger charge is 2.26. The molecule has 1 aromatic rings. The number of benzene rings is 1. The lowest BCUT2D eigenvalue weighted by Crippen LogP contribution is -2.35. The van der Waals surface area contributed by atoms with Crippen LogP contribution in [0.5, 0.6) is 0 Å². The first-order valence-corrected chi connectivity index (χ1v) is 7.61. The first-order valence-electron chi connectivity index (χ1n) is 6.53. The minimum Gasteiger partial charge on any atom is -0.310 e. The predicted octanol–water partition coefficient (Wildman–Crippen LogP) is 4.35. The third-order valence-electron chi connectivity index (χ3n) is 3.85. The molecular formula is C15H22IN. The Kier molecular flexibility index (Phi) is 4.47. The zero-order chi connectivity index (χ0) is 12.3. The molecule has 1 aliphatic rings. The van der Waals surface area contributed by atoms with Crippen LogP contribution in [0.25, 0.3) is 0 Å². The van der Waals surface area contributed by atoms with Gasteiger partial charge in [0.05, 0.1) is 0 Å². The van der Waals surface area contributed by atoms with Gasteiger partial charge in [0.25, 0.3) is 0 Å². The number of hydrogen-bond acceptors (Lipinski definition) is 1. The van der Waals surface area contributed by atoms with Gasteiger partial charge in [-0.25, -0.2) is 0 Å². The minimum absolute atomic E-state index is 0.570. The fourth-order valence-corrected chi connectivity index (χ4v) is 2.83. The molecule has 0 saturated heterocycles. The van der Waals surface area contributed by atoms with E-state index in [0.717, 1.165) is 12.6 Å². The van der Waals surface area contributed by atoms with Crippen molar-refractivity contribution in [2.75, 3.05) is 0 Å². The average molecular weight is 343 g/mol. The van der Waals surface area contributed by atoms with E-state index in [1.807, 2.05) is 0 Å². The second-order valence-corrected chi connectivity index (χ2v) is 7.19. The summed E-state index contributed by atoms with van der Waals surface area (Å²) in [5, 5.41) is 3.69. The molecule has 2 rings (SSSR count). The lowest BCUT2D eigenvalue weighted by atomic mass is 9.75. The fourth-order valence-electron chi connectivity index (χ4n) is 2.47. The second-order valence-electron chi connectivity index (χ2n) is 5.95. The quantitative estimate of drug-likeness (QED) is 0.805. The summed E-state index contributed by atoms with van der Waals surface area (Å²) in [6.45, 7) is 5.80. The summed E-state index contributed by atoms with van der Waals surface area (Å²) < 4.78 is 1.31. The van der Waals surface area contributed by atoms with Crippen molar-refractivity contribution in [2.45, 2.75) is 52.1 Å². The Bertz CT molecular complexity index is 346. The first kappa shape index (κ1) is 13.3. The molecule has 0 atom stereocenters. The molecule has 17 heavy (non-hydrogen) atoms. The van der Waals surface area contributed by atoms with Gasteiger partial charge >= 0.3 is 0 Å². The summed E-state index contributed by atoms with van der Waals surface area (Å²) in [4.78, 5) is 0. The Morgan fingerprint density at radius 3 is 2.35 bits per heavy atom. The van der Waals surface area contributed by atoms with E-state index in [-0.39, 0.29) is 0 Å². The van der Waals surface area contributed by atoms with Crippen LogP contribution in [0.3, 0.4) is 0 Å². The Morgan fingerprint density at radius 2 is 1.76 bits per heavy atom. The maximum Gasteiger partial charge on any atom is 0.0208 e. The summed E-state index contributed by atoms with van der Waals surface area (Å²) in [6.07, 6.45) is 5.38. The van der Waals surface area contributed by atoms with Gasteiger partial charge in [-0.1, -0.05) is 26.0 Å². The Labute approximate surface area is 119 Å². The molecule has 94 valence electrons.